The Balaban J connectivity index is 2.77. The first-order valence-electron chi connectivity index (χ1n) is 6.50. The summed E-state index contributed by atoms with van der Waals surface area (Å²) < 4.78 is 0. The van der Waals surface area contributed by atoms with Crippen molar-refractivity contribution >= 4 is 5.91 Å². The van der Waals surface area contributed by atoms with Crippen LogP contribution >= 0.6 is 0 Å². The van der Waals surface area contributed by atoms with Gasteiger partial charge in [0.1, 0.15) is 0 Å². The molecule has 0 saturated carbocycles. The van der Waals surface area contributed by atoms with Gasteiger partial charge in [0.2, 0.25) is 5.91 Å². The number of carbonyl (C=O) groups excluding carboxylic acids is 1. The molecule has 0 aliphatic heterocycles. The molecule has 0 heterocycles. The topological polar surface area (TPSA) is 29.1 Å². The lowest BCUT2D eigenvalue weighted by Gasteiger charge is -2.16. The summed E-state index contributed by atoms with van der Waals surface area (Å²) >= 11 is 0. The van der Waals surface area contributed by atoms with Crippen molar-refractivity contribution in [1.82, 2.24) is 5.32 Å². The van der Waals surface area contributed by atoms with E-state index in [0.717, 1.165) is 19.3 Å². The van der Waals surface area contributed by atoms with E-state index < -0.39 is 0 Å². The molecule has 0 fully saturated rings. The predicted octanol–water partition coefficient (Wildman–Crippen LogP) is 3.27. The van der Waals surface area contributed by atoms with Crippen molar-refractivity contribution in [1.29, 1.82) is 0 Å². The highest BCUT2D eigenvalue weighted by molar-refractivity contribution is 5.76. The molecule has 0 bridgehead atoms. The maximum atomic E-state index is 11.5. The van der Waals surface area contributed by atoms with E-state index in [1.54, 1.807) is 7.05 Å². The first kappa shape index (κ1) is 13.8. The van der Waals surface area contributed by atoms with Crippen LogP contribution in [0.15, 0.2) is 24.3 Å². The van der Waals surface area contributed by atoms with Crippen LogP contribution in [0.3, 0.4) is 0 Å². The number of hydrogen-bond donors (Lipinski definition) is 1. The Labute approximate surface area is 104 Å². The summed E-state index contributed by atoms with van der Waals surface area (Å²) in [5, 5.41) is 2.71. The summed E-state index contributed by atoms with van der Waals surface area (Å²) in [5.41, 5.74) is 2.64. The molecule has 0 radical (unpaired) electrons. The van der Waals surface area contributed by atoms with Crippen molar-refractivity contribution in [2.45, 2.75) is 45.4 Å². The van der Waals surface area contributed by atoms with Crippen LogP contribution in [0, 0.1) is 0 Å². The molecule has 2 heteroatoms. The van der Waals surface area contributed by atoms with Gasteiger partial charge in [0.15, 0.2) is 0 Å². The summed E-state index contributed by atoms with van der Waals surface area (Å²) in [6, 6.07) is 8.67. The van der Waals surface area contributed by atoms with Crippen LogP contribution in [0.4, 0.5) is 0 Å². The van der Waals surface area contributed by atoms with E-state index in [9.17, 15) is 4.79 Å². The van der Waals surface area contributed by atoms with Gasteiger partial charge in [0.05, 0.1) is 0 Å². The normalized spacial score (nSPS) is 12.2. The van der Waals surface area contributed by atoms with E-state index in [1.807, 2.05) is 0 Å². The number of rotatable bonds is 6. The fourth-order valence-corrected chi connectivity index (χ4v) is 2.09. The number of nitrogens with one attached hydrogen (secondary N) is 1. The molecule has 0 saturated heterocycles. The van der Waals surface area contributed by atoms with Crippen molar-refractivity contribution in [3.63, 3.8) is 0 Å². The molecule has 1 N–H and O–H groups in total. The maximum Gasteiger partial charge on any atom is 0.220 e. The van der Waals surface area contributed by atoms with E-state index in [2.05, 4.69) is 43.4 Å². The highest BCUT2D eigenvalue weighted by Gasteiger charge is 2.14. The summed E-state index contributed by atoms with van der Waals surface area (Å²) in [5.74, 6) is 0.480. The monoisotopic (exact) mass is 233 g/mol. The summed E-state index contributed by atoms with van der Waals surface area (Å²) in [4.78, 5) is 11.5. The van der Waals surface area contributed by atoms with Crippen molar-refractivity contribution in [3.8, 4) is 0 Å². The summed E-state index contributed by atoms with van der Waals surface area (Å²) in [6.07, 6.45) is 3.83. The van der Waals surface area contributed by atoms with Gasteiger partial charge in [-0.1, -0.05) is 44.5 Å². The number of carbonyl (C=O) groups is 1. The zero-order chi connectivity index (χ0) is 12.7. The largest absolute Gasteiger partial charge is 0.359 e. The Kier molecular flexibility index (Phi) is 5.75. The molecule has 0 spiro atoms. The molecule has 1 amide bonds. The number of aryl methyl sites for hydroxylation is 1. The van der Waals surface area contributed by atoms with Crippen LogP contribution in [0.1, 0.15) is 50.2 Å². The SMILES string of the molecule is CCCC(CC(=O)NC)c1ccc(CC)cc1. The molecule has 1 rings (SSSR count). The van der Waals surface area contributed by atoms with Crippen LogP contribution in [0.25, 0.3) is 0 Å². The molecule has 17 heavy (non-hydrogen) atoms. The fourth-order valence-electron chi connectivity index (χ4n) is 2.09. The lowest BCUT2D eigenvalue weighted by atomic mass is 9.90. The summed E-state index contributed by atoms with van der Waals surface area (Å²) in [6.45, 7) is 4.32. The first-order valence-corrected chi connectivity index (χ1v) is 6.50. The molecule has 0 aliphatic rings. The van der Waals surface area contributed by atoms with Crippen LogP contribution < -0.4 is 5.32 Å². The second-order valence-electron chi connectivity index (χ2n) is 4.46. The van der Waals surface area contributed by atoms with Crippen LogP contribution in [-0.2, 0) is 11.2 Å². The average molecular weight is 233 g/mol. The standard InChI is InChI=1S/C15H23NO/c1-4-6-14(11-15(17)16-3)13-9-7-12(5-2)8-10-13/h7-10,14H,4-6,11H2,1-3H3,(H,16,17). The molecule has 1 unspecified atom stereocenters. The third-order valence-electron chi connectivity index (χ3n) is 3.21. The van der Waals surface area contributed by atoms with Crippen LogP contribution in [-0.4, -0.2) is 13.0 Å². The smallest absolute Gasteiger partial charge is 0.220 e. The quantitative estimate of drug-likeness (QED) is 0.802. The van der Waals surface area contributed by atoms with Gasteiger partial charge in [-0.15, -0.1) is 0 Å². The Bertz CT molecular complexity index is 342. The van der Waals surface area contributed by atoms with E-state index in [4.69, 9.17) is 0 Å². The van der Waals surface area contributed by atoms with Gasteiger partial charge in [-0.25, -0.2) is 0 Å². The molecule has 0 aliphatic carbocycles. The third-order valence-corrected chi connectivity index (χ3v) is 3.21. The molecule has 1 aromatic rings. The van der Waals surface area contributed by atoms with Gasteiger partial charge < -0.3 is 5.32 Å². The molecule has 94 valence electrons. The van der Waals surface area contributed by atoms with Crippen molar-refractivity contribution in [2.75, 3.05) is 7.05 Å². The Morgan fingerprint density at radius 2 is 1.88 bits per heavy atom. The number of hydrogen-bond acceptors (Lipinski definition) is 1. The van der Waals surface area contributed by atoms with E-state index in [-0.39, 0.29) is 5.91 Å². The predicted molar refractivity (Wildman–Crippen MR) is 72.2 cm³/mol. The highest BCUT2D eigenvalue weighted by atomic mass is 16.1. The molecular weight excluding hydrogens is 210 g/mol. The maximum absolute atomic E-state index is 11.5. The first-order chi connectivity index (χ1) is 8.21. The van der Waals surface area contributed by atoms with E-state index in [0.29, 0.717) is 12.3 Å². The van der Waals surface area contributed by atoms with Gasteiger partial charge in [-0.05, 0) is 29.9 Å². The van der Waals surface area contributed by atoms with Gasteiger partial charge in [0, 0.05) is 13.5 Å². The van der Waals surface area contributed by atoms with Crippen molar-refractivity contribution < 1.29 is 4.79 Å². The van der Waals surface area contributed by atoms with E-state index in [1.165, 1.54) is 11.1 Å². The lowest BCUT2D eigenvalue weighted by molar-refractivity contribution is -0.121. The van der Waals surface area contributed by atoms with E-state index >= 15 is 0 Å². The molecule has 1 aromatic carbocycles. The fraction of sp³-hybridized carbons (Fsp3) is 0.533. The Morgan fingerprint density at radius 1 is 1.24 bits per heavy atom. The van der Waals surface area contributed by atoms with Crippen molar-refractivity contribution in [3.05, 3.63) is 35.4 Å². The second-order valence-corrected chi connectivity index (χ2v) is 4.46. The average Bonchev–Trinajstić information content (AvgIpc) is 2.38. The molecule has 2 nitrogen and oxygen atoms in total. The van der Waals surface area contributed by atoms with Gasteiger partial charge >= 0.3 is 0 Å². The van der Waals surface area contributed by atoms with Crippen molar-refractivity contribution in [2.24, 2.45) is 0 Å². The van der Waals surface area contributed by atoms with Gasteiger partial charge in [-0.3, -0.25) is 4.79 Å². The molecular formula is C15H23NO. The van der Waals surface area contributed by atoms with Crippen LogP contribution in [0.2, 0.25) is 0 Å². The van der Waals surface area contributed by atoms with Crippen LogP contribution in [0.5, 0.6) is 0 Å². The summed E-state index contributed by atoms with van der Waals surface area (Å²) in [7, 11) is 1.70. The zero-order valence-electron chi connectivity index (χ0n) is 11.1. The Morgan fingerprint density at radius 3 is 2.35 bits per heavy atom. The van der Waals surface area contributed by atoms with Gasteiger partial charge in [0.25, 0.3) is 0 Å². The minimum Gasteiger partial charge on any atom is -0.359 e. The number of amides is 1. The molecule has 0 aromatic heterocycles. The minimum absolute atomic E-state index is 0.128. The molecule has 1 atom stereocenters. The highest BCUT2D eigenvalue weighted by Crippen LogP contribution is 2.25. The Hall–Kier alpha value is -1.31. The second kappa shape index (κ2) is 7.10. The zero-order valence-corrected chi connectivity index (χ0v) is 11.1. The third kappa shape index (κ3) is 4.22. The number of benzene rings is 1. The minimum atomic E-state index is 0.128. The van der Waals surface area contributed by atoms with Gasteiger partial charge in [-0.2, -0.15) is 0 Å². The lowest BCUT2D eigenvalue weighted by Crippen LogP contribution is -2.20.